The Balaban J connectivity index is 1.42. The van der Waals surface area contributed by atoms with Crippen LogP contribution in [0.4, 0.5) is 5.82 Å². The number of hydrogen-bond acceptors (Lipinski definition) is 7. The van der Waals surface area contributed by atoms with Crippen molar-refractivity contribution < 1.29 is 13.2 Å². The minimum Gasteiger partial charge on any atom is -0.353 e. The molecule has 1 aliphatic rings. The summed E-state index contributed by atoms with van der Waals surface area (Å²) in [7, 11) is 0.777. The third-order valence-corrected chi connectivity index (χ3v) is 6.47. The molecule has 1 aliphatic heterocycles. The van der Waals surface area contributed by atoms with Gasteiger partial charge in [-0.25, -0.2) is 18.4 Å². The first-order chi connectivity index (χ1) is 15.7. The maximum absolute atomic E-state index is 13.1. The summed E-state index contributed by atoms with van der Waals surface area (Å²) in [5, 5.41) is 0. The first-order valence-corrected chi connectivity index (χ1v) is 13.0. The van der Waals surface area contributed by atoms with Crippen molar-refractivity contribution in [2.24, 2.45) is 0 Å². The van der Waals surface area contributed by atoms with Crippen molar-refractivity contribution in [3.8, 4) is 0 Å². The van der Waals surface area contributed by atoms with Gasteiger partial charge in [0, 0.05) is 45.2 Å². The number of nitrogens with zero attached hydrogens (tertiary/aromatic N) is 6. The lowest BCUT2D eigenvalue weighted by Gasteiger charge is -2.35. The fraction of sp³-hybridized carbons (Fsp3) is 0.435. The number of piperazine rings is 1. The molecule has 0 atom stereocenters. The zero-order chi connectivity index (χ0) is 23.6. The first kappa shape index (κ1) is 23.2. The molecule has 2 aromatic heterocycles. The summed E-state index contributed by atoms with van der Waals surface area (Å²) in [4.78, 5) is 28.3. The molecular weight excluding hydrogens is 440 g/mol. The molecule has 1 aromatic carbocycles. The Morgan fingerprint density at radius 1 is 1.06 bits per heavy atom. The van der Waals surface area contributed by atoms with E-state index in [1.165, 1.54) is 6.26 Å². The van der Waals surface area contributed by atoms with Crippen molar-refractivity contribution in [1.29, 1.82) is 0 Å². The van der Waals surface area contributed by atoms with E-state index in [0.717, 1.165) is 23.4 Å². The van der Waals surface area contributed by atoms with Crippen LogP contribution in [0.1, 0.15) is 11.4 Å². The van der Waals surface area contributed by atoms with Crippen LogP contribution in [0.2, 0.25) is 0 Å². The molecule has 0 radical (unpaired) electrons. The maximum atomic E-state index is 13.1. The highest BCUT2D eigenvalue weighted by atomic mass is 32.2. The van der Waals surface area contributed by atoms with Gasteiger partial charge in [0.25, 0.3) is 0 Å². The summed E-state index contributed by atoms with van der Waals surface area (Å²) in [6.45, 7) is 3.50. The van der Waals surface area contributed by atoms with Crippen molar-refractivity contribution in [3.05, 3.63) is 54.0 Å². The molecule has 176 valence electrons. The van der Waals surface area contributed by atoms with Crippen LogP contribution in [-0.2, 0) is 33.5 Å². The van der Waals surface area contributed by atoms with Gasteiger partial charge in [-0.05, 0) is 37.9 Å². The van der Waals surface area contributed by atoms with Crippen LogP contribution in [-0.4, -0.2) is 85.2 Å². The van der Waals surface area contributed by atoms with E-state index in [-0.39, 0.29) is 18.2 Å². The average Bonchev–Trinajstić information content (AvgIpc) is 3.09. The van der Waals surface area contributed by atoms with Crippen molar-refractivity contribution in [3.63, 3.8) is 0 Å². The Morgan fingerprint density at radius 3 is 2.42 bits per heavy atom. The molecule has 4 rings (SSSR count). The molecule has 0 saturated carbocycles. The van der Waals surface area contributed by atoms with E-state index in [1.54, 1.807) is 4.57 Å². The number of anilines is 1. The lowest BCUT2D eigenvalue weighted by Crippen LogP contribution is -2.50. The molecule has 33 heavy (non-hydrogen) atoms. The third-order valence-electron chi connectivity index (χ3n) is 5.68. The molecule has 1 fully saturated rings. The molecule has 0 unspecified atom stereocenters. The maximum Gasteiger partial charge on any atom is 0.242 e. The highest BCUT2D eigenvalue weighted by molar-refractivity contribution is 7.89. The van der Waals surface area contributed by atoms with Crippen LogP contribution >= 0.6 is 0 Å². The first-order valence-electron chi connectivity index (χ1n) is 10.9. The number of sulfone groups is 1. The quantitative estimate of drug-likeness (QED) is 0.515. The van der Waals surface area contributed by atoms with Gasteiger partial charge in [-0.2, -0.15) is 0 Å². The fourth-order valence-electron chi connectivity index (χ4n) is 4.13. The van der Waals surface area contributed by atoms with Gasteiger partial charge in [-0.3, -0.25) is 4.79 Å². The number of imidazole rings is 1. The van der Waals surface area contributed by atoms with Gasteiger partial charge < -0.3 is 19.3 Å². The number of rotatable bonds is 7. The van der Waals surface area contributed by atoms with Gasteiger partial charge in [0.05, 0.1) is 11.0 Å². The van der Waals surface area contributed by atoms with Crippen LogP contribution in [0.25, 0.3) is 11.0 Å². The smallest absolute Gasteiger partial charge is 0.242 e. The second-order valence-electron chi connectivity index (χ2n) is 8.80. The Labute approximate surface area is 194 Å². The molecule has 1 saturated heterocycles. The number of hydrogen-bond donors (Lipinski definition) is 0. The minimum absolute atomic E-state index is 0.0400. The van der Waals surface area contributed by atoms with Gasteiger partial charge in [-0.15, -0.1) is 0 Å². The Hall–Kier alpha value is -2.98. The van der Waals surface area contributed by atoms with Crippen LogP contribution < -0.4 is 4.90 Å². The molecule has 0 aliphatic carbocycles. The zero-order valence-electron chi connectivity index (χ0n) is 19.3. The number of carbonyl (C=O) groups excluding carboxylic acids is 1. The van der Waals surface area contributed by atoms with E-state index in [9.17, 15) is 13.2 Å². The number of pyridine rings is 1. The molecule has 3 aromatic rings. The Bertz CT molecular complexity index is 1230. The summed E-state index contributed by atoms with van der Waals surface area (Å²) < 4.78 is 25.5. The number of fused-ring (bicyclic) bond motifs is 1. The van der Waals surface area contributed by atoms with Crippen LogP contribution in [0.5, 0.6) is 0 Å². The summed E-state index contributed by atoms with van der Waals surface area (Å²) >= 11 is 0. The summed E-state index contributed by atoms with van der Waals surface area (Å²) in [5.41, 5.74) is 2.62. The highest BCUT2D eigenvalue weighted by Gasteiger charge is 2.24. The van der Waals surface area contributed by atoms with Gasteiger partial charge in [0.1, 0.15) is 23.9 Å². The summed E-state index contributed by atoms with van der Waals surface area (Å²) in [6.07, 6.45) is 3.08. The average molecular weight is 471 g/mol. The van der Waals surface area contributed by atoms with Crippen LogP contribution in [0.15, 0.2) is 42.6 Å². The third kappa shape index (κ3) is 5.69. The van der Waals surface area contributed by atoms with Crippen molar-refractivity contribution in [1.82, 2.24) is 24.3 Å². The molecule has 1 amide bonds. The molecule has 9 nitrogen and oxygen atoms in total. The van der Waals surface area contributed by atoms with E-state index in [2.05, 4.69) is 25.8 Å². The Morgan fingerprint density at radius 2 is 1.79 bits per heavy atom. The number of benzene rings is 1. The van der Waals surface area contributed by atoms with Crippen LogP contribution in [0, 0.1) is 0 Å². The summed E-state index contributed by atoms with van der Waals surface area (Å²) in [5.74, 6) is 1.08. The minimum atomic E-state index is -3.28. The highest BCUT2D eigenvalue weighted by Crippen LogP contribution is 2.19. The van der Waals surface area contributed by atoms with E-state index < -0.39 is 9.84 Å². The number of amides is 1. The van der Waals surface area contributed by atoms with Gasteiger partial charge in [-0.1, -0.05) is 18.2 Å². The second-order valence-corrected chi connectivity index (χ2v) is 10.9. The van der Waals surface area contributed by atoms with Gasteiger partial charge in [0.15, 0.2) is 9.84 Å². The largest absolute Gasteiger partial charge is 0.353 e. The molecule has 0 bridgehead atoms. The van der Waals surface area contributed by atoms with Crippen molar-refractivity contribution >= 4 is 32.6 Å². The molecular formula is C23H30N6O3S. The fourth-order valence-corrected chi connectivity index (χ4v) is 4.82. The van der Waals surface area contributed by atoms with E-state index >= 15 is 0 Å². The van der Waals surface area contributed by atoms with Gasteiger partial charge >= 0.3 is 0 Å². The number of para-hydroxylation sites is 2. The zero-order valence-corrected chi connectivity index (χ0v) is 20.1. The monoisotopic (exact) mass is 470 g/mol. The van der Waals surface area contributed by atoms with E-state index in [4.69, 9.17) is 0 Å². The van der Waals surface area contributed by atoms with Crippen molar-refractivity contribution in [2.45, 2.75) is 18.8 Å². The van der Waals surface area contributed by atoms with Crippen LogP contribution in [0.3, 0.4) is 0 Å². The van der Waals surface area contributed by atoms with Crippen molar-refractivity contribution in [2.75, 3.05) is 51.4 Å². The molecule has 0 N–H and O–H groups in total. The second kappa shape index (κ2) is 9.48. The lowest BCUT2D eigenvalue weighted by atomic mass is 10.2. The predicted octanol–water partition coefficient (Wildman–Crippen LogP) is 1.39. The summed E-state index contributed by atoms with van der Waals surface area (Å²) in [6, 6.07) is 11.5. The van der Waals surface area contributed by atoms with E-state index in [0.29, 0.717) is 37.5 Å². The standard InChI is InChI=1S/C23H30N6O3S/c1-26(2)15-18-8-9-21(24-14-18)27-10-12-28(13-11-27)23(30)16-29-20-7-5-4-6-19(20)25-22(29)17-33(3,31)32/h4-9,14H,10-13,15-17H2,1-3H3. The van der Waals surface area contributed by atoms with E-state index in [1.807, 2.05) is 55.5 Å². The lowest BCUT2D eigenvalue weighted by molar-refractivity contribution is -0.132. The Kier molecular flexibility index (Phi) is 6.66. The number of aromatic nitrogens is 3. The number of carbonyl (C=O) groups is 1. The normalized spacial score (nSPS) is 14.9. The molecule has 0 spiro atoms. The predicted molar refractivity (Wildman–Crippen MR) is 129 cm³/mol. The topological polar surface area (TPSA) is 91.6 Å². The molecule has 10 heteroatoms. The molecule has 3 heterocycles. The van der Waals surface area contributed by atoms with Gasteiger partial charge in [0.2, 0.25) is 5.91 Å². The SMILES string of the molecule is CN(C)Cc1ccc(N2CCN(C(=O)Cn3c(CS(C)(=O)=O)nc4ccccc43)CC2)nc1.